The van der Waals surface area contributed by atoms with Gasteiger partial charge in [0.2, 0.25) is 5.78 Å². The zero-order valence-electron chi connectivity index (χ0n) is 13.9. The van der Waals surface area contributed by atoms with Gasteiger partial charge in [0.15, 0.2) is 5.16 Å². The highest BCUT2D eigenvalue weighted by Gasteiger charge is 2.16. The first-order valence-corrected chi connectivity index (χ1v) is 9.06. The van der Waals surface area contributed by atoms with E-state index < -0.39 is 0 Å². The van der Waals surface area contributed by atoms with E-state index in [1.165, 1.54) is 5.69 Å². The Hall–Kier alpha value is -2.80. The minimum absolute atomic E-state index is 0.793. The molecular weight excluding hydrogens is 332 g/mol. The van der Waals surface area contributed by atoms with Crippen LogP contribution >= 0.6 is 11.8 Å². The number of aryl methyl sites for hydroxylation is 2. The van der Waals surface area contributed by atoms with Crippen LogP contribution in [0.15, 0.2) is 53.8 Å². The average molecular weight is 348 g/mol. The van der Waals surface area contributed by atoms with Crippen LogP contribution in [0.1, 0.15) is 11.4 Å². The standard InChI is InChI=1S/C18H16N6S/c1-12-15(23-10-6-5-9-16(23)19-12)11-25-18-21-20-17-22(2)13-7-3-4-8-14(13)24(17)18/h3-10H,11H2,1-2H3. The van der Waals surface area contributed by atoms with Gasteiger partial charge in [0, 0.05) is 19.0 Å². The molecule has 0 saturated carbocycles. The van der Waals surface area contributed by atoms with Gasteiger partial charge in [-0.15, -0.1) is 10.2 Å². The molecule has 0 saturated heterocycles. The van der Waals surface area contributed by atoms with Gasteiger partial charge in [-0.1, -0.05) is 30.0 Å². The Bertz CT molecular complexity index is 1230. The summed E-state index contributed by atoms with van der Waals surface area (Å²) in [4.78, 5) is 4.63. The Labute approximate surface area is 148 Å². The average Bonchev–Trinajstić information content (AvgIpc) is 3.27. The molecule has 124 valence electrons. The molecule has 0 unspecified atom stereocenters. The largest absolute Gasteiger partial charge is 0.311 e. The highest BCUT2D eigenvalue weighted by molar-refractivity contribution is 7.98. The Balaban J connectivity index is 1.58. The van der Waals surface area contributed by atoms with Gasteiger partial charge in [-0.2, -0.15) is 0 Å². The van der Waals surface area contributed by atoms with Crippen molar-refractivity contribution >= 4 is 34.2 Å². The lowest BCUT2D eigenvalue weighted by Crippen LogP contribution is -1.93. The first-order valence-electron chi connectivity index (χ1n) is 8.08. The minimum Gasteiger partial charge on any atom is -0.311 e. The highest BCUT2D eigenvalue weighted by atomic mass is 32.2. The fraction of sp³-hybridized carbons (Fsp3) is 0.167. The van der Waals surface area contributed by atoms with Crippen molar-refractivity contribution in [1.82, 2.24) is 28.5 Å². The molecular formula is C18H16N6S. The van der Waals surface area contributed by atoms with Crippen molar-refractivity contribution in [2.75, 3.05) is 0 Å². The van der Waals surface area contributed by atoms with Crippen molar-refractivity contribution in [2.24, 2.45) is 7.05 Å². The van der Waals surface area contributed by atoms with Crippen LogP contribution in [-0.2, 0) is 12.8 Å². The van der Waals surface area contributed by atoms with Crippen LogP contribution in [-0.4, -0.2) is 28.5 Å². The molecule has 6 nitrogen and oxygen atoms in total. The zero-order valence-corrected chi connectivity index (χ0v) is 14.7. The van der Waals surface area contributed by atoms with Gasteiger partial charge in [-0.25, -0.2) is 4.98 Å². The van der Waals surface area contributed by atoms with E-state index >= 15 is 0 Å². The summed E-state index contributed by atoms with van der Waals surface area (Å²) in [6.07, 6.45) is 2.06. The Morgan fingerprint density at radius 3 is 2.68 bits per heavy atom. The normalized spacial score (nSPS) is 11.9. The zero-order chi connectivity index (χ0) is 17.0. The van der Waals surface area contributed by atoms with E-state index in [1.54, 1.807) is 11.8 Å². The molecule has 0 fully saturated rings. The predicted octanol–water partition coefficient (Wildman–Crippen LogP) is 3.47. The Morgan fingerprint density at radius 2 is 1.80 bits per heavy atom. The SMILES string of the molecule is Cc1nc2ccccn2c1CSc1nnc2n(C)c3ccccc3n12. The summed E-state index contributed by atoms with van der Waals surface area (Å²) in [6, 6.07) is 14.4. The summed E-state index contributed by atoms with van der Waals surface area (Å²) >= 11 is 1.69. The number of nitrogens with zero attached hydrogens (tertiary/aromatic N) is 6. The molecule has 0 spiro atoms. The number of pyridine rings is 1. The van der Waals surface area contributed by atoms with Crippen LogP contribution in [0.4, 0.5) is 0 Å². The van der Waals surface area contributed by atoms with Crippen LogP contribution in [0.2, 0.25) is 0 Å². The van der Waals surface area contributed by atoms with E-state index in [2.05, 4.69) is 53.8 Å². The maximum absolute atomic E-state index is 4.63. The minimum atomic E-state index is 0.793. The van der Waals surface area contributed by atoms with Crippen molar-refractivity contribution in [1.29, 1.82) is 0 Å². The Kier molecular flexibility index (Phi) is 3.11. The van der Waals surface area contributed by atoms with E-state index in [9.17, 15) is 0 Å². The second-order valence-electron chi connectivity index (χ2n) is 6.03. The van der Waals surface area contributed by atoms with E-state index in [4.69, 9.17) is 0 Å². The first kappa shape index (κ1) is 14.5. The highest BCUT2D eigenvalue weighted by Crippen LogP contribution is 2.28. The topological polar surface area (TPSA) is 52.4 Å². The third-order valence-electron chi connectivity index (χ3n) is 4.57. The summed E-state index contributed by atoms with van der Waals surface area (Å²) in [5.41, 5.74) is 5.50. The second kappa shape index (κ2) is 5.35. The number of thioether (sulfide) groups is 1. The molecule has 5 rings (SSSR count). The number of hydrogen-bond donors (Lipinski definition) is 0. The number of aromatic nitrogens is 6. The van der Waals surface area contributed by atoms with Crippen LogP contribution in [0.25, 0.3) is 22.5 Å². The summed E-state index contributed by atoms with van der Waals surface area (Å²) in [7, 11) is 2.02. The number of fused-ring (bicyclic) bond motifs is 4. The summed E-state index contributed by atoms with van der Waals surface area (Å²) in [5.74, 6) is 1.65. The van der Waals surface area contributed by atoms with Gasteiger partial charge < -0.3 is 8.97 Å². The molecule has 5 aromatic rings. The van der Waals surface area contributed by atoms with Gasteiger partial charge in [0.05, 0.1) is 22.4 Å². The summed E-state index contributed by atoms with van der Waals surface area (Å²) in [6.45, 7) is 2.06. The summed E-state index contributed by atoms with van der Waals surface area (Å²) < 4.78 is 6.34. The van der Waals surface area contributed by atoms with Crippen molar-refractivity contribution in [3.63, 3.8) is 0 Å². The number of rotatable bonds is 3. The van der Waals surface area contributed by atoms with Gasteiger partial charge in [0.25, 0.3) is 0 Å². The molecule has 0 radical (unpaired) electrons. The molecule has 0 aliphatic rings. The van der Waals surface area contributed by atoms with Crippen molar-refractivity contribution < 1.29 is 0 Å². The number of imidazole rings is 2. The molecule has 1 aromatic carbocycles. The van der Waals surface area contributed by atoms with Crippen LogP contribution in [0.3, 0.4) is 0 Å². The molecule has 4 heterocycles. The van der Waals surface area contributed by atoms with Gasteiger partial charge >= 0.3 is 0 Å². The second-order valence-corrected chi connectivity index (χ2v) is 6.97. The predicted molar refractivity (Wildman–Crippen MR) is 99.0 cm³/mol. The molecule has 25 heavy (non-hydrogen) atoms. The van der Waals surface area contributed by atoms with Gasteiger partial charge in [0.1, 0.15) is 5.65 Å². The lowest BCUT2D eigenvalue weighted by Gasteiger charge is -2.02. The third kappa shape index (κ3) is 2.09. The van der Waals surface area contributed by atoms with Crippen molar-refractivity contribution in [3.05, 3.63) is 60.0 Å². The number of para-hydroxylation sites is 2. The fourth-order valence-electron chi connectivity index (χ4n) is 3.30. The van der Waals surface area contributed by atoms with Crippen molar-refractivity contribution in [3.8, 4) is 0 Å². The monoisotopic (exact) mass is 348 g/mol. The molecule has 0 aliphatic carbocycles. The maximum atomic E-state index is 4.63. The Morgan fingerprint density at radius 1 is 1.00 bits per heavy atom. The number of benzene rings is 1. The molecule has 0 amide bonds. The lowest BCUT2D eigenvalue weighted by molar-refractivity contribution is 0.934. The van der Waals surface area contributed by atoms with E-state index in [0.717, 1.165) is 39.1 Å². The van der Waals surface area contributed by atoms with Gasteiger partial charge in [-0.3, -0.25) is 4.40 Å². The third-order valence-corrected chi connectivity index (χ3v) is 5.51. The van der Waals surface area contributed by atoms with Crippen LogP contribution in [0, 0.1) is 6.92 Å². The smallest absolute Gasteiger partial charge is 0.236 e. The first-order chi connectivity index (χ1) is 12.2. The van der Waals surface area contributed by atoms with E-state index in [0.29, 0.717) is 0 Å². The molecule has 0 bridgehead atoms. The fourth-order valence-corrected chi connectivity index (χ4v) is 4.32. The molecule has 0 N–H and O–H groups in total. The van der Waals surface area contributed by atoms with E-state index in [-0.39, 0.29) is 0 Å². The quantitative estimate of drug-likeness (QED) is 0.469. The lowest BCUT2D eigenvalue weighted by atomic mass is 10.3. The molecule has 0 atom stereocenters. The van der Waals surface area contributed by atoms with Crippen LogP contribution < -0.4 is 0 Å². The van der Waals surface area contributed by atoms with E-state index in [1.807, 2.05) is 37.4 Å². The van der Waals surface area contributed by atoms with Gasteiger partial charge in [-0.05, 0) is 31.2 Å². The molecule has 4 aromatic heterocycles. The van der Waals surface area contributed by atoms with Crippen LogP contribution in [0.5, 0.6) is 0 Å². The molecule has 0 aliphatic heterocycles. The summed E-state index contributed by atoms with van der Waals surface area (Å²) in [5, 5.41) is 9.67. The van der Waals surface area contributed by atoms with Crippen molar-refractivity contribution in [2.45, 2.75) is 17.8 Å². The number of hydrogen-bond acceptors (Lipinski definition) is 4. The maximum Gasteiger partial charge on any atom is 0.236 e. The molecule has 7 heteroatoms.